The lowest BCUT2D eigenvalue weighted by Gasteiger charge is -2.21. The molecule has 0 saturated carbocycles. The Kier molecular flexibility index (Phi) is 5.21. The highest BCUT2D eigenvalue weighted by Crippen LogP contribution is 2.04. The SMILES string of the molecule is NCCC(=O)N1CCCN(CC(N)=O)CC1. The maximum Gasteiger partial charge on any atom is 0.231 e. The van der Waals surface area contributed by atoms with Crippen molar-refractivity contribution in [1.29, 1.82) is 0 Å². The van der Waals surface area contributed by atoms with Gasteiger partial charge in [-0.25, -0.2) is 0 Å². The van der Waals surface area contributed by atoms with Gasteiger partial charge in [-0.3, -0.25) is 14.5 Å². The number of hydrogen-bond acceptors (Lipinski definition) is 4. The monoisotopic (exact) mass is 228 g/mol. The number of rotatable bonds is 4. The standard InChI is InChI=1S/C10H20N4O2/c11-3-2-10(16)14-5-1-4-13(6-7-14)8-9(12)15/h1-8,11H2,(H2,12,15). The Labute approximate surface area is 95.5 Å². The van der Waals surface area contributed by atoms with Gasteiger partial charge in [0.15, 0.2) is 0 Å². The van der Waals surface area contributed by atoms with Crippen LogP contribution in [0.4, 0.5) is 0 Å². The summed E-state index contributed by atoms with van der Waals surface area (Å²) in [5, 5.41) is 0. The Morgan fingerprint density at radius 2 is 1.88 bits per heavy atom. The summed E-state index contributed by atoms with van der Waals surface area (Å²) in [6.45, 7) is 3.59. The van der Waals surface area contributed by atoms with Gasteiger partial charge in [-0.1, -0.05) is 0 Å². The maximum absolute atomic E-state index is 11.6. The first-order chi connectivity index (χ1) is 7.63. The van der Waals surface area contributed by atoms with Gasteiger partial charge in [0.1, 0.15) is 0 Å². The largest absolute Gasteiger partial charge is 0.369 e. The van der Waals surface area contributed by atoms with Gasteiger partial charge in [-0.05, 0) is 6.42 Å². The number of nitrogens with zero attached hydrogens (tertiary/aromatic N) is 2. The molecule has 0 radical (unpaired) electrons. The second-order valence-corrected chi connectivity index (χ2v) is 4.02. The van der Waals surface area contributed by atoms with E-state index in [-0.39, 0.29) is 18.4 Å². The minimum Gasteiger partial charge on any atom is -0.369 e. The highest BCUT2D eigenvalue weighted by Gasteiger charge is 2.18. The van der Waals surface area contributed by atoms with Crippen LogP contribution >= 0.6 is 0 Å². The second kappa shape index (κ2) is 6.44. The van der Waals surface area contributed by atoms with E-state index >= 15 is 0 Å². The molecule has 1 heterocycles. The number of amides is 2. The van der Waals surface area contributed by atoms with Gasteiger partial charge in [0.05, 0.1) is 6.54 Å². The summed E-state index contributed by atoms with van der Waals surface area (Å²) in [6.07, 6.45) is 1.28. The van der Waals surface area contributed by atoms with E-state index in [9.17, 15) is 9.59 Å². The van der Waals surface area contributed by atoms with Gasteiger partial charge >= 0.3 is 0 Å². The van der Waals surface area contributed by atoms with Crippen molar-refractivity contribution in [2.45, 2.75) is 12.8 Å². The predicted molar refractivity (Wildman–Crippen MR) is 60.5 cm³/mol. The van der Waals surface area contributed by atoms with Crippen molar-refractivity contribution in [2.24, 2.45) is 11.5 Å². The third kappa shape index (κ3) is 4.16. The zero-order chi connectivity index (χ0) is 12.0. The van der Waals surface area contributed by atoms with Crippen LogP contribution in [0.25, 0.3) is 0 Å². The number of hydrogen-bond donors (Lipinski definition) is 2. The molecular formula is C10H20N4O2. The van der Waals surface area contributed by atoms with Crippen molar-refractivity contribution < 1.29 is 9.59 Å². The number of carbonyl (C=O) groups is 2. The van der Waals surface area contributed by atoms with E-state index in [1.165, 1.54) is 0 Å². The van der Waals surface area contributed by atoms with Crippen LogP contribution < -0.4 is 11.5 Å². The summed E-state index contributed by atoms with van der Waals surface area (Å²) in [5.74, 6) is -0.217. The van der Waals surface area contributed by atoms with Crippen LogP contribution in [0.2, 0.25) is 0 Å². The molecule has 0 aromatic carbocycles. The number of carbonyl (C=O) groups excluding carboxylic acids is 2. The number of nitrogens with two attached hydrogens (primary N) is 2. The summed E-state index contributed by atoms with van der Waals surface area (Å²) < 4.78 is 0. The minimum atomic E-state index is -0.318. The molecule has 6 nitrogen and oxygen atoms in total. The first-order valence-electron chi connectivity index (χ1n) is 5.62. The molecule has 0 bridgehead atoms. The predicted octanol–water partition coefficient (Wildman–Crippen LogP) is -1.65. The minimum absolute atomic E-state index is 0.100. The van der Waals surface area contributed by atoms with E-state index in [1.54, 1.807) is 0 Å². The molecule has 1 aliphatic rings. The zero-order valence-electron chi connectivity index (χ0n) is 9.52. The van der Waals surface area contributed by atoms with Crippen molar-refractivity contribution in [3.63, 3.8) is 0 Å². The lowest BCUT2D eigenvalue weighted by molar-refractivity contribution is -0.130. The molecule has 92 valence electrons. The average Bonchev–Trinajstić information content (AvgIpc) is 2.43. The summed E-state index contributed by atoms with van der Waals surface area (Å²) >= 11 is 0. The van der Waals surface area contributed by atoms with E-state index in [2.05, 4.69) is 0 Å². The topological polar surface area (TPSA) is 92.7 Å². The fourth-order valence-corrected chi connectivity index (χ4v) is 1.88. The molecule has 1 fully saturated rings. The summed E-state index contributed by atoms with van der Waals surface area (Å²) in [4.78, 5) is 26.2. The fourth-order valence-electron chi connectivity index (χ4n) is 1.88. The highest BCUT2D eigenvalue weighted by molar-refractivity contribution is 5.77. The van der Waals surface area contributed by atoms with E-state index in [4.69, 9.17) is 11.5 Å². The smallest absolute Gasteiger partial charge is 0.231 e. The summed E-state index contributed by atoms with van der Waals surface area (Å²) in [7, 11) is 0. The molecule has 1 aliphatic heterocycles. The van der Waals surface area contributed by atoms with Crippen LogP contribution in [0.3, 0.4) is 0 Å². The fraction of sp³-hybridized carbons (Fsp3) is 0.800. The normalized spacial score (nSPS) is 18.2. The Morgan fingerprint density at radius 3 is 2.50 bits per heavy atom. The average molecular weight is 228 g/mol. The third-order valence-electron chi connectivity index (χ3n) is 2.68. The molecular weight excluding hydrogens is 208 g/mol. The Bertz CT molecular complexity index is 257. The molecule has 0 unspecified atom stereocenters. The molecule has 1 saturated heterocycles. The van der Waals surface area contributed by atoms with Crippen LogP contribution in [-0.2, 0) is 9.59 Å². The van der Waals surface area contributed by atoms with E-state index in [0.717, 1.165) is 19.5 Å². The molecule has 6 heteroatoms. The summed E-state index contributed by atoms with van der Waals surface area (Å²) in [5.41, 5.74) is 10.5. The first-order valence-corrected chi connectivity index (χ1v) is 5.62. The quantitative estimate of drug-likeness (QED) is 0.603. The Balaban J connectivity index is 2.39. The molecule has 0 aliphatic carbocycles. The van der Waals surface area contributed by atoms with E-state index < -0.39 is 0 Å². The lowest BCUT2D eigenvalue weighted by atomic mass is 10.3. The van der Waals surface area contributed by atoms with Crippen LogP contribution in [-0.4, -0.2) is 60.9 Å². The van der Waals surface area contributed by atoms with Gasteiger partial charge in [-0.2, -0.15) is 0 Å². The Hall–Kier alpha value is -1.14. The molecule has 0 aromatic heterocycles. The lowest BCUT2D eigenvalue weighted by Crippen LogP contribution is -2.38. The van der Waals surface area contributed by atoms with E-state index in [0.29, 0.717) is 26.1 Å². The molecule has 2 amide bonds. The third-order valence-corrected chi connectivity index (χ3v) is 2.68. The zero-order valence-corrected chi connectivity index (χ0v) is 9.52. The van der Waals surface area contributed by atoms with Gasteiger partial charge in [0, 0.05) is 39.1 Å². The maximum atomic E-state index is 11.6. The van der Waals surface area contributed by atoms with Crippen LogP contribution in [0.15, 0.2) is 0 Å². The molecule has 16 heavy (non-hydrogen) atoms. The summed E-state index contributed by atoms with van der Waals surface area (Å²) in [6, 6.07) is 0. The van der Waals surface area contributed by atoms with Gasteiger partial charge in [-0.15, -0.1) is 0 Å². The van der Waals surface area contributed by atoms with Crippen molar-refractivity contribution in [3.8, 4) is 0 Å². The van der Waals surface area contributed by atoms with Crippen molar-refractivity contribution in [1.82, 2.24) is 9.80 Å². The van der Waals surface area contributed by atoms with Gasteiger partial charge in [0.2, 0.25) is 11.8 Å². The molecule has 4 N–H and O–H groups in total. The molecule has 1 rings (SSSR count). The second-order valence-electron chi connectivity index (χ2n) is 4.02. The van der Waals surface area contributed by atoms with Gasteiger partial charge in [0.25, 0.3) is 0 Å². The molecule has 0 spiro atoms. The molecule has 0 aromatic rings. The van der Waals surface area contributed by atoms with Crippen molar-refractivity contribution in [2.75, 3.05) is 39.3 Å². The van der Waals surface area contributed by atoms with Crippen LogP contribution in [0, 0.1) is 0 Å². The van der Waals surface area contributed by atoms with Crippen LogP contribution in [0.1, 0.15) is 12.8 Å². The van der Waals surface area contributed by atoms with Crippen molar-refractivity contribution in [3.05, 3.63) is 0 Å². The molecule has 0 atom stereocenters. The Morgan fingerprint density at radius 1 is 1.12 bits per heavy atom. The number of primary amides is 1. The first kappa shape index (κ1) is 12.9. The van der Waals surface area contributed by atoms with Crippen LogP contribution in [0.5, 0.6) is 0 Å². The van der Waals surface area contributed by atoms with E-state index in [1.807, 2.05) is 9.80 Å². The van der Waals surface area contributed by atoms with Gasteiger partial charge < -0.3 is 16.4 Å². The highest BCUT2D eigenvalue weighted by atomic mass is 16.2. The van der Waals surface area contributed by atoms with Crippen molar-refractivity contribution >= 4 is 11.8 Å².